The number of fused-ring (bicyclic) bond motifs is 1. The zero-order valence-electron chi connectivity index (χ0n) is 19.1. The molecule has 0 radical (unpaired) electrons. The number of ketones is 1. The van der Waals surface area contributed by atoms with Crippen LogP contribution in [0.25, 0.3) is 0 Å². The van der Waals surface area contributed by atoms with Crippen LogP contribution < -0.4 is 5.32 Å². The van der Waals surface area contributed by atoms with E-state index < -0.39 is 28.1 Å². The lowest BCUT2D eigenvalue weighted by molar-refractivity contribution is -0.138. The van der Waals surface area contributed by atoms with Crippen molar-refractivity contribution in [2.24, 2.45) is 5.92 Å². The number of amides is 2. The fourth-order valence-corrected chi connectivity index (χ4v) is 6.96. The molecule has 9 nitrogen and oxygen atoms in total. The number of likely N-dealkylation sites (tertiary alicyclic amines) is 1. The summed E-state index contributed by atoms with van der Waals surface area (Å²) >= 11 is 1.29. The average molecular weight is 505 g/mol. The summed E-state index contributed by atoms with van der Waals surface area (Å²) in [7, 11) is -3.79. The van der Waals surface area contributed by atoms with Crippen molar-refractivity contribution >= 4 is 39.0 Å². The summed E-state index contributed by atoms with van der Waals surface area (Å²) < 4.78 is 27.4. The highest BCUT2D eigenvalue weighted by molar-refractivity contribution is 7.88. The Bertz CT molecular complexity index is 1150. The van der Waals surface area contributed by atoms with E-state index >= 15 is 0 Å². The molecule has 2 saturated heterocycles. The second-order valence-corrected chi connectivity index (χ2v) is 11.9. The zero-order valence-corrected chi connectivity index (χ0v) is 20.7. The lowest BCUT2D eigenvalue weighted by Crippen LogP contribution is -2.52. The van der Waals surface area contributed by atoms with Crippen LogP contribution in [0.1, 0.15) is 42.1 Å². The largest absolute Gasteiger partial charge is 0.340 e. The summed E-state index contributed by atoms with van der Waals surface area (Å²) in [6.45, 7) is 3.91. The Morgan fingerprint density at radius 1 is 1.24 bits per heavy atom. The van der Waals surface area contributed by atoms with Gasteiger partial charge in [-0.1, -0.05) is 26.0 Å². The third kappa shape index (κ3) is 5.06. The Balaban J connectivity index is 1.51. The number of carbonyl (C=O) groups excluding carboxylic acids is 3. The van der Waals surface area contributed by atoms with E-state index in [1.807, 2.05) is 13.8 Å². The van der Waals surface area contributed by atoms with Gasteiger partial charge in [0.2, 0.25) is 15.9 Å². The van der Waals surface area contributed by atoms with Crippen molar-refractivity contribution in [1.29, 1.82) is 0 Å². The molecule has 2 fully saturated rings. The first-order valence-corrected chi connectivity index (χ1v) is 13.7. The topological polar surface area (TPSA) is 117 Å². The number of carbonyl (C=O) groups is 3. The number of rotatable bonds is 8. The molecule has 0 aromatic carbocycles. The molecular formula is C23H28N4O5S2. The van der Waals surface area contributed by atoms with Crippen molar-refractivity contribution in [2.75, 3.05) is 13.1 Å². The molecule has 4 heterocycles. The maximum atomic E-state index is 13.5. The molecular weight excluding hydrogens is 476 g/mol. The van der Waals surface area contributed by atoms with Crippen molar-refractivity contribution in [2.45, 2.75) is 50.6 Å². The lowest BCUT2D eigenvalue weighted by atomic mass is 10.0. The molecule has 2 aliphatic heterocycles. The van der Waals surface area contributed by atoms with Gasteiger partial charge in [-0.15, -0.1) is 11.3 Å². The SMILES string of the molecule is CC(C)CC(NC(=O)c1cccs1)C(=O)N1CCC2C1C(=O)CN2S(=O)(=O)Cc1ccccn1. The van der Waals surface area contributed by atoms with Gasteiger partial charge in [-0.25, -0.2) is 8.42 Å². The minimum atomic E-state index is -3.79. The summed E-state index contributed by atoms with van der Waals surface area (Å²) in [6, 6.07) is 6.28. The maximum absolute atomic E-state index is 13.5. The summed E-state index contributed by atoms with van der Waals surface area (Å²) in [6.07, 6.45) is 2.31. The van der Waals surface area contributed by atoms with Gasteiger partial charge < -0.3 is 10.2 Å². The number of Topliss-reactive ketones (excluding diaryl/α,β-unsaturated/α-hetero) is 1. The second kappa shape index (κ2) is 9.93. The number of nitrogens with zero attached hydrogens (tertiary/aromatic N) is 3. The monoisotopic (exact) mass is 504 g/mol. The van der Waals surface area contributed by atoms with Crippen LogP contribution in [0.15, 0.2) is 41.9 Å². The van der Waals surface area contributed by atoms with Gasteiger partial charge in [-0.2, -0.15) is 4.31 Å². The van der Waals surface area contributed by atoms with E-state index in [0.29, 0.717) is 23.4 Å². The van der Waals surface area contributed by atoms with E-state index in [2.05, 4.69) is 10.3 Å². The van der Waals surface area contributed by atoms with Crippen LogP contribution in [0.5, 0.6) is 0 Å². The van der Waals surface area contributed by atoms with Gasteiger partial charge in [0.05, 0.1) is 23.2 Å². The standard InChI is InChI=1S/C23H28N4O5S2/c1-15(2)12-17(25-22(29)20-7-5-11-33-20)23(30)26-10-8-18-21(26)19(28)13-27(18)34(31,32)14-16-6-3-4-9-24-16/h3-7,9,11,15,17-18,21H,8,10,12-14H2,1-2H3,(H,25,29). The zero-order chi connectivity index (χ0) is 24.5. The second-order valence-electron chi connectivity index (χ2n) is 9.05. The number of aromatic nitrogens is 1. The number of pyridine rings is 1. The minimum Gasteiger partial charge on any atom is -0.340 e. The molecule has 4 rings (SSSR count). The Morgan fingerprint density at radius 2 is 2.03 bits per heavy atom. The van der Waals surface area contributed by atoms with E-state index in [0.717, 1.165) is 0 Å². The van der Waals surface area contributed by atoms with Gasteiger partial charge >= 0.3 is 0 Å². The first-order valence-electron chi connectivity index (χ1n) is 11.2. The summed E-state index contributed by atoms with van der Waals surface area (Å²) in [5.41, 5.74) is 0.401. The predicted molar refractivity (Wildman–Crippen MR) is 128 cm³/mol. The van der Waals surface area contributed by atoms with Crippen LogP contribution >= 0.6 is 11.3 Å². The first-order chi connectivity index (χ1) is 16.2. The fourth-order valence-electron chi connectivity index (χ4n) is 4.67. The molecule has 182 valence electrons. The molecule has 2 aliphatic rings. The van der Waals surface area contributed by atoms with Gasteiger partial charge in [0, 0.05) is 12.7 Å². The van der Waals surface area contributed by atoms with Gasteiger partial charge in [0.1, 0.15) is 17.8 Å². The molecule has 3 atom stereocenters. The molecule has 2 amide bonds. The molecule has 2 aromatic rings. The number of hydrogen-bond donors (Lipinski definition) is 1. The summed E-state index contributed by atoms with van der Waals surface area (Å²) in [4.78, 5) is 45.1. The Kier molecular flexibility index (Phi) is 7.15. The highest BCUT2D eigenvalue weighted by atomic mass is 32.2. The average Bonchev–Trinajstić information content (AvgIpc) is 3.52. The number of nitrogens with one attached hydrogen (secondary N) is 1. The van der Waals surface area contributed by atoms with Gasteiger partial charge in [0.15, 0.2) is 5.78 Å². The molecule has 1 N–H and O–H groups in total. The van der Waals surface area contributed by atoms with Crippen LogP contribution in [0.4, 0.5) is 0 Å². The van der Waals surface area contributed by atoms with Crippen molar-refractivity contribution in [3.8, 4) is 0 Å². The molecule has 0 saturated carbocycles. The van der Waals surface area contributed by atoms with Gasteiger partial charge in [-0.3, -0.25) is 19.4 Å². The Morgan fingerprint density at radius 3 is 2.68 bits per heavy atom. The van der Waals surface area contributed by atoms with Gasteiger partial charge in [0.25, 0.3) is 5.91 Å². The molecule has 0 aliphatic carbocycles. The molecule has 0 spiro atoms. The Hall–Kier alpha value is -2.63. The third-order valence-electron chi connectivity index (χ3n) is 6.13. The Labute approximate surface area is 203 Å². The van der Waals surface area contributed by atoms with Gasteiger partial charge in [-0.05, 0) is 42.3 Å². The smallest absolute Gasteiger partial charge is 0.261 e. The maximum Gasteiger partial charge on any atom is 0.261 e. The van der Waals surface area contributed by atoms with E-state index in [-0.39, 0.29) is 42.4 Å². The highest BCUT2D eigenvalue weighted by Crippen LogP contribution is 2.33. The normalized spacial score (nSPS) is 21.6. The lowest BCUT2D eigenvalue weighted by Gasteiger charge is -2.29. The van der Waals surface area contributed by atoms with Crippen molar-refractivity contribution < 1.29 is 22.8 Å². The van der Waals surface area contributed by atoms with E-state index in [9.17, 15) is 22.8 Å². The molecule has 11 heteroatoms. The van der Waals surface area contributed by atoms with Crippen molar-refractivity contribution in [3.63, 3.8) is 0 Å². The van der Waals surface area contributed by atoms with Crippen molar-refractivity contribution in [3.05, 3.63) is 52.5 Å². The number of sulfonamides is 1. The molecule has 3 unspecified atom stereocenters. The number of thiophene rings is 1. The first kappa shape index (κ1) is 24.5. The third-order valence-corrected chi connectivity index (χ3v) is 8.77. The van der Waals surface area contributed by atoms with Crippen LogP contribution in [-0.4, -0.2) is 71.4 Å². The van der Waals surface area contributed by atoms with E-state index in [4.69, 9.17) is 0 Å². The van der Waals surface area contributed by atoms with E-state index in [1.165, 1.54) is 26.7 Å². The minimum absolute atomic E-state index is 0.130. The van der Waals surface area contributed by atoms with Crippen LogP contribution in [-0.2, 0) is 25.4 Å². The van der Waals surface area contributed by atoms with Crippen molar-refractivity contribution in [1.82, 2.24) is 19.5 Å². The van der Waals surface area contributed by atoms with E-state index in [1.54, 1.807) is 35.7 Å². The highest BCUT2D eigenvalue weighted by Gasteiger charge is 2.54. The van der Waals surface area contributed by atoms with Crippen LogP contribution in [0.3, 0.4) is 0 Å². The molecule has 2 aromatic heterocycles. The summed E-state index contributed by atoms with van der Waals surface area (Å²) in [5, 5.41) is 4.61. The van der Waals surface area contributed by atoms with Crippen LogP contribution in [0.2, 0.25) is 0 Å². The quantitative estimate of drug-likeness (QED) is 0.585. The van der Waals surface area contributed by atoms with Crippen LogP contribution in [0, 0.1) is 5.92 Å². The predicted octanol–water partition coefficient (Wildman–Crippen LogP) is 1.67. The molecule has 0 bridgehead atoms. The number of hydrogen-bond acceptors (Lipinski definition) is 7. The fraction of sp³-hybridized carbons (Fsp3) is 0.478. The summed E-state index contributed by atoms with van der Waals surface area (Å²) in [5.74, 6) is -1.14. The molecule has 34 heavy (non-hydrogen) atoms.